The number of nitrogens with one attached hydrogen (secondary N) is 1. The third-order valence-corrected chi connectivity index (χ3v) is 3.35. The Kier molecular flexibility index (Phi) is 3.32. The molecule has 3 aromatic rings. The molecule has 1 aromatic carbocycles. The van der Waals surface area contributed by atoms with E-state index in [2.05, 4.69) is 5.32 Å². The lowest BCUT2D eigenvalue weighted by atomic mass is 10.1. The Balaban J connectivity index is 2.07. The molecule has 0 saturated heterocycles. The molecule has 1 atom stereocenters. The number of benzene rings is 1. The summed E-state index contributed by atoms with van der Waals surface area (Å²) in [6.45, 7) is 4.79. The number of halogens is 1. The van der Waals surface area contributed by atoms with Gasteiger partial charge in [-0.2, -0.15) is 0 Å². The lowest BCUT2D eigenvalue weighted by molar-refractivity contribution is 0.402. The summed E-state index contributed by atoms with van der Waals surface area (Å²) in [5, 5.41) is 4.09. The second kappa shape index (κ2) is 5.13. The SMILES string of the molecule is CCNC(c1cc2cc(F)ccc2o1)c1occc1C. The van der Waals surface area contributed by atoms with E-state index < -0.39 is 0 Å². The van der Waals surface area contributed by atoms with Crippen LogP contribution in [0, 0.1) is 12.7 Å². The Labute approximate surface area is 116 Å². The van der Waals surface area contributed by atoms with E-state index in [0.29, 0.717) is 5.58 Å². The van der Waals surface area contributed by atoms with Crippen LogP contribution in [0.2, 0.25) is 0 Å². The summed E-state index contributed by atoms with van der Waals surface area (Å²) in [4.78, 5) is 0. The van der Waals surface area contributed by atoms with Crippen molar-refractivity contribution in [3.8, 4) is 0 Å². The molecular formula is C16H16FNO2. The molecule has 4 heteroatoms. The van der Waals surface area contributed by atoms with Gasteiger partial charge in [0.05, 0.1) is 6.26 Å². The first-order valence-corrected chi connectivity index (χ1v) is 6.65. The smallest absolute Gasteiger partial charge is 0.134 e. The monoisotopic (exact) mass is 273 g/mol. The summed E-state index contributed by atoms with van der Waals surface area (Å²) >= 11 is 0. The fraction of sp³-hybridized carbons (Fsp3) is 0.250. The molecule has 0 bridgehead atoms. The van der Waals surface area contributed by atoms with E-state index in [1.807, 2.05) is 26.0 Å². The summed E-state index contributed by atoms with van der Waals surface area (Å²) in [5.74, 6) is 1.29. The molecule has 0 aliphatic carbocycles. The first-order valence-electron chi connectivity index (χ1n) is 6.65. The molecular weight excluding hydrogens is 257 g/mol. The Morgan fingerprint density at radius 1 is 1.25 bits per heavy atom. The maximum absolute atomic E-state index is 13.3. The number of rotatable bonds is 4. The normalized spacial score (nSPS) is 12.9. The van der Waals surface area contributed by atoms with Crippen molar-refractivity contribution in [3.63, 3.8) is 0 Å². The van der Waals surface area contributed by atoms with Gasteiger partial charge in [0.1, 0.15) is 29.0 Å². The van der Waals surface area contributed by atoms with Crippen LogP contribution in [0.1, 0.15) is 30.0 Å². The minimum Gasteiger partial charge on any atom is -0.467 e. The average molecular weight is 273 g/mol. The summed E-state index contributed by atoms with van der Waals surface area (Å²) in [5.41, 5.74) is 1.73. The van der Waals surface area contributed by atoms with Gasteiger partial charge in [-0.3, -0.25) is 0 Å². The van der Waals surface area contributed by atoms with Gasteiger partial charge in [-0.1, -0.05) is 6.92 Å². The van der Waals surface area contributed by atoms with Gasteiger partial charge in [0.2, 0.25) is 0 Å². The first-order chi connectivity index (χ1) is 9.69. The average Bonchev–Trinajstić information content (AvgIpc) is 3.01. The van der Waals surface area contributed by atoms with Crippen molar-refractivity contribution in [2.75, 3.05) is 6.54 Å². The molecule has 0 spiro atoms. The van der Waals surface area contributed by atoms with Crippen molar-refractivity contribution < 1.29 is 13.2 Å². The van der Waals surface area contributed by atoms with Crippen LogP contribution >= 0.6 is 0 Å². The van der Waals surface area contributed by atoms with Gasteiger partial charge in [0.15, 0.2) is 0 Å². The van der Waals surface area contributed by atoms with E-state index in [9.17, 15) is 4.39 Å². The lowest BCUT2D eigenvalue weighted by Crippen LogP contribution is -2.21. The molecule has 3 rings (SSSR count). The van der Waals surface area contributed by atoms with E-state index in [-0.39, 0.29) is 11.9 Å². The largest absolute Gasteiger partial charge is 0.467 e. The van der Waals surface area contributed by atoms with E-state index in [4.69, 9.17) is 8.83 Å². The van der Waals surface area contributed by atoms with Crippen LogP contribution < -0.4 is 5.32 Å². The van der Waals surface area contributed by atoms with Crippen molar-refractivity contribution in [1.29, 1.82) is 0 Å². The summed E-state index contributed by atoms with van der Waals surface area (Å²) in [6.07, 6.45) is 1.66. The number of hydrogen-bond donors (Lipinski definition) is 1. The molecule has 3 nitrogen and oxygen atoms in total. The highest BCUT2D eigenvalue weighted by Crippen LogP contribution is 2.30. The molecule has 1 N–H and O–H groups in total. The molecule has 0 amide bonds. The van der Waals surface area contributed by atoms with E-state index in [1.54, 1.807) is 12.3 Å². The summed E-state index contributed by atoms with van der Waals surface area (Å²) < 4.78 is 24.6. The highest BCUT2D eigenvalue weighted by Gasteiger charge is 2.22. The predicted molar refractivity (Wildman–Crippen MR) is 75.1 cm³/mol. The highest BCUT2D eigenvalue weighted by atomic mass is 19.1. The molecule has 104 valence electrons. The van der Waals surface area contributed by atoms with Crippen LogP contribution in [0.15, 0.2) is 45.4 Å². The maximum Gasteiger partial charge on any atom is 0.134 e. The molecule has 0 aliphatic rings. The van der Waals surface area contributed by atoms with Crippen molar-refractivity contribution in [1.82, 2.24) is 5.32 Å². The summed E-state index contributed by atoms with van der Waals surface area (Å²) in [7, 11) is 0. The zero-order valence-electron chi connectivity index (χ0n) is 11.4. The second-order valence-electron chi connectivity index (χ2n) is 4.79. The van der Waals surface area contributed by atoms with Gasteiger partial charge >= 0.3 is 0 Å². The molecule has 20 heavy (non-hydrogen) atoms. The second-order valence-corrected chi connectivity index (χ2v) is 4.79. The van der Waals surface area contributed by atoms with E-state index in [1.165, 1.54) is 12.1 Å². The van der Waals surface area contributed by atoms with Crippen molar-refractivity contribution in [2.45, 2.75) is 19.9 Å². The van der Waals surface area contributed by atoms with Gasteiger partial charge in [-0.25, -0.2) is 4.39 Å². The van der Waals surface area contributed by atoms with Crippen LogP contribution in [-0.4, -0.2) is 6.54 Å². The van der Waals surface area contributed by atoms with Gasteiger partial charge in [-0.05, 0) is 49.4 Å². The summed E-state index contributed by atoms with van der Waals surface area (Å²) in [6, 6.07) is 8.13. The van der Waals surface area contributed by atoms with E-state index in [0.717, 1.165) is 29.0 Å². The fourth-order valence-electron chi connectivity index (χ4n) is 2.38. The Morgan fingerprint density at radius 3 is 2.80 bits per heavy atom. The Morgan fingerprint density at radius 2 is 2.10 bits per heavy atom. The number of fused-ring (bicyclic) bond motifs is 1. The molecule has 2 heterocycles. The standard InChI is InChI=1S/C16H16FNO2/c1-3-18-15(16-10(2)6-7-19-16)14-9-11-8-12(17)4-5-13(11)20-14/h4-9,15,18H,3H2,1-2H3. The van der Waals surface area contributed by atoms with Crippen LogP contribution in [0.25, 0.3) is 11.0 Å². The highest BCUT2D eigenvalue weighted by molar-refractivity contribution is 5.78. The Hall–Kier alpha value is -2.07. The van der Waals surface area contributed by atoms with Crippen molar-refractivity contribution in [3.05, 3.63) is 59.5 Å². The number of furan rings is 2. The van der Waals surface area contributed by atoms with Gasteiger partial charge in [0, 0.05) is 5.39 Å². The number of hydrogen-bond acceptors (Lipinski definition) is 3. The number of aryl methyl sites for hydroxylation is 1. The molecule has 2 aromatic heterocycles. The first kappa shape index (κ1) is 12.9. The van der Waals surface area contributed by atoms with Gasteiger partial charge in [0.25, 0.3) is 0 Å². The van der Waals surface area contributed by atoms with Crippen LogP contribution in [0.4, 0.5) is 4.39 Å². The van der Waals surface area contributed by atoms with Gasteiger partial charge in [-0.15, -0.1) is 0 Å². The molecule has 0 radical (unpaired) electrons. The Bertz CT molecular complexity index is 729. The van der Waals surface area contributed by atoms with Crippen LogP contribution in [-0.2, 0) is 0 Å². The van der Waals surface area contributed by atoms with Crippen molar-refractivity contribution >= 4 is 11.0 Å². The fourth-order valence-corrected chi connectivity index (χ4v) is 2.38. The molecule has 0 fully saturated rings. The maximum atomic E-state index is 13.3. The zero-order valence-corrected chi connectivity index (χ0v) is 11.4. The van der Waals surface area contributed by atoms with Crippen LogP contribution in [0.3, 0.4) is 0 Å². The molecule has 0 saturated carbocycles. The zero-order chi connectivity index (χ0) is 14.1. The molecule has 1 unspecified atom stereocenters. The topological polar surface area (TPSA) is 38.3 Å². The van der Waals surface area contributed by atoms with E-state index >= 15 is 0 Å². The third kappa shape index (κ3) is 2.23. The third-order valence-electron chi connectivity index (χ3n) is 3.35. The van der Waals surface area contributed by atoms with Crippen LogP contribution in [0.5, 0.6) is 0 Å². The molecule has 0 aliphatic heterocycles. The quantitative estimate of drug-likeness (QED) is 0.775. The lowest BCUT2D eigenvalue weighted by Gasteiger charge is -2.13. The minimum absolute atomic E-state index is 0.162. The van der Waals surface area contributed by atoms with Gasteiger partial charge < -0.3 is 14.2 Å². The van der Waals surface area contributed by atoms with Crippen molar-refractivity contribution in [2.24, 2.45) is 0 Å². The minimum atomic E-state index is -0.265. The predicted octanol–water partition coefficient (Wildman–Crippen LogP) is 4.17.